The number of rotatable bonds is 5. The highest BCUT2D eigenvalue weighted by Gasteiger charge is 2.46. The van der Waals surface area contributed by atoms with Gasteiger partial charge in [-0.15, -0.1) is 0 Å². The van der Waals surface area contributed by atoms with E-state index in [0.717, 1.165) is 12.8 Å². The van der Waals surface area contributed by atoms with Crippen molar-refractivity contribution in [3.05, 3.63) is 65.2 Å². The van der Waals surface area contributed by atoms with Crippen LogP contribution in [0.2, 0.25) is 0 Å². The average Bonchev–Trinajstić information content (AvgIpc) is 3.16. The van der Waals surface area contributed by atoms with E-state index in [4.69, 9.17) is 0 Å². The number of hydrogen-bond donors (Lipinski definition) is 1. The van der Waals surface area contributed by atoms with Crippen LogP contribution in [0.25, 0.3) is 0 Å². The van der Waals surface area contributed by atoms with Crippen LogP contribution >= 0.6 is 0 Å². The van der Waals surface area contributed by atoms with Crippen LogP contribution in [0.4, 0.5) is 0 Å². The van der Waals surface area contributed by atoms with Gasteiger partial charge in [0.05, 0.1) is 4.90 Å². The van der Waals surface area contributed by atoms with Gasteiger partial charge in [-0.25, -0.2) is 8.42 Å². The Morgan fingerprint density at radius 2 is 1.55 bits per heavy atom. The van der Waals surface area contributed by atoms with E-state index >= 15 is 0 Å². The third-order valence-corrected chi connectivity index (χ3v) is 7.80. The quantitative estimate of drug-likeness (QED) is 0.731. The first kappa shape index (κ1) is 23.5. The number of carbonyl (C=O) groups excluding carboxylic acids is 2. The predicted octanol–water partition coefficient (Wildman–Crippen LogP) is 3.14. The summed E-state index contributed by atoms with van der Waals surface area (Å²) in [5, 5.41) is 3.03. The summed E-state index contributed by atoms with van der Waals surface area (Å²) in [5.41, 5.74) is 2.79. The Bertz CT molecular complexity index is 1160. The molecule has 7 heteroatoms. The Morgan fingerprint density at radius 3 is 2.12 bits per heavy atom. The number of amides is 2. The molecule has 0 radical (unpaired) electrons. The van der Waals surface area contributed by atoms with Gasteiger partial charge in [0.15, 0.2) is 9.84 Å². The molecule has 2 aromatic rings. The maximum absolute atomic E-state index is 13.8. The fourth-order valence-electron chi connectivity index (χ4n) is 5.08. The molecular weight excluding hydrogens is 436 g/mol. The van der Waals surface area contributed by atoms with Gasteiger partial charge in [-0.2, -0.15) is 0 Å². The van der Waals surface area contributed by atoms with Crippen molar-refractivity contribution < 1.29 is 18.0 Å². The van der Waals surface area contributed by atoms with Crippen LogP contribution in [0.3, 0.4) is 0 Å². The van der Waals surface area contributed by atoms with Crippen molar-refractivity contribution in [3.63, 3.8) is 0 Å². The molecule has 1 heterocycles. The van der Waals surface area contributed by atoms with Crippen molar-refractivity contribution in [2.75, 3.05) is 6.26 Å². The molecule has 0 saturated carbocycles. The zero-order valence-electron chi connectivity index (χ0n) is 19.7. The van der Waals surface area contributed by atoms with Gasteiger partial charge in [0.1, 0.15) is 12.1 Å². The third kappa shape index (κ3) is 4.98. The largest absolute Gasteiger partial charge is 0.342 e. The molecule has 1 fully saturated rings. The molecule has 176 valence electrons. The topological polar surface area (TPSA) is 83.6 Å². The average molecular weight is 469 g/mol. The Kier molecular flexibility index (Phi) is 6.12. The second kappa shape index (κ2) is 8.60. The minimum atomic E-state index is -3.47. The molecule has 4 rings (SSSR count). The maximum Gasteiger partial charge on any atom is 0.246 e. The summed E-state index contributed by atoms with van der Waals surface area (Å²) in [6, 6.07) is 13.6. The highest BCUT2D eigenvalue weighted by Crippen LogP contribution is 2.34. The fourth-order valence-corrected chi connectivity index (χ4v) is 6.02. The number of piperazine rings is 1. The Balaban J connectivity index is 1.68. The first-order chi connectivity index (χ1) is 15.4. The predicted molar refractivity (Wildman–Crippen MR) is 127 cm³/mol. The molecule has 6 nitrogen and oxygen atoms in total. The monoisotopic (exact) mass is 468 g/mol. The van der Waals surface area contributed by atoms with E-state index in [0.29, 0.717) is 12.0 Å². The molecule has 0 aromatic heterocycles. The molecule has 0 bridgehead atoms. The summed E-state index contributed by atoms with van der Waals surface area (Å²) in [7, 11) is -3.47. The fraction of sp³-hybridized carbons (Fsp3) is 0.462. The zero-order valence-corrected chi connectivity index (χ0v) is 20.5. The van der Waals surface area contributed by atoms with Gasteiger partial charge in [0, 0.05) is 12.8 Å². The highest BCUT2D eigenvalue weighted by molar-refractivity contribution is 7.90. The molecule has 1 saturated heterocycles. The smallest absolute Gasteiger partial charge is 0.246 e. The van der Waals surface area contributed by atoms with E-state index in [1.54, 1.807) is 29.2 Å². The number of nitrogens with zero attached hydrogens (tertiary/aromatic N) is 1. The van der Waals surface area contributed by atoms with Gasteiger partial charge in [0.2, 0.25) is 11.8 Å². The number of benzene rings is 2. The van der Waals surface area contributed by atoms with Gasteiger partial charge in [-0.1, -0.05) is 63.2 Å². The van der Waals surface area contributed by atoms with E-state index in [1.807, 2.05) is 32.9 Å². The van der Waals surface area contributed by atoms with Gasteiger partial charge in [-0.3, -0.25) is 9.59 Å². The molecular formula is C26H32N2O4S. The summed E-state index contributed by atoms with van der Waals surface area (Å²) >= 11 is 0. The lowest BCUT2D eigenvalue weighted by atomic mass is 9.84. The van der Waals surface area contributed by atoms with E-state index in [-0.39, 0.29) is 34.6 Å². The Labute approximate surface area is 196 Å². The molecule has 1 aliphatic heterocycles. The van der Waals surface area contributed by atoms with Crippen molar-refractivity contribution in [3.8, 4) is 0 Å². The van der Waals surface area contributed by atoms with Crippen molar-refractivity contribution in [1.82, 2.24) is 10.2 Å². The first-order valence-corrected chi connectivity index (χ1v) is 13.3. The van der Waals surface area contributed by atoms with Crippen molar-refractivity contribution in [1.29, 1.82) is 0 Å². The summed E-state index contributed by atoms with van der Waals surface area (Å²) in [5.74, 6) is -0.311. The SMILES string of the molecule is CC(C)(C)C[C@@H]1C(=O)N[C@H](C2Cc3ccccc3C2)C(=O)N1Cc1ccccc1S(C)(=O)=O. The number of sulfone groups is 1. The summed E-state index contributed by atoms with van der Waals surface area (Å²) in [4.78, 5) is 29.0. The van der Waals surface area contributed by atoms with Crippen LogP contribution in [0, 0.1) is 11.3 Å². The second-order valence-corrected chi connectivity index (χ2v) is 12.5. The van der Waals surface area contributed by atoms with Crippen LogP contribution in [0.1, 0.15) is 43.9 Å². The van der Waals surface area contributed by atoms with E-state index in [1.165, 1.54) is 17.4 Å². The summed E-state index contributed by atoms with van der Waals surface area (Å²) < 4.78 is 24.7. The van der Waals surface area contributed by atoms with Crippen LogP contribution in [0.5, 0.6) is 0 Å². The van der Waals surface area contributed by atoms with E-state index in [2.05, 4.69) is 17.4 Å². The molecule has 1 aliphatic carbocycles. The molecule has 0 unspecified atom stereocenters. The van der Waals surface area contributed by atoms with Crippen LogP contribution in [-0.2, 0) is 38.8 Å². The van der Waals surface area contributed by atoms with Gasteiger partial charge >= 0.3 is 0 Å². The lowest BCUT2D eigenvalue weighted by Gasteiger charge is -2.43. The molecule has 2 aliphatic rings. The molecule has 33 heavy (non-hydrogen) atoms. The molecule has 1 N–H and O–H groups in total. The molecule has 2 aromatic carbocycles. The highest BCUT2D eigenvalue weighted by atomic mass is 32.2. The number of fused-ring (bicyclic) bond motifs is 1. The Morgan fingerprint density at radius 1 is 0.970 bits per heavy atom. The van der Waals surface area contributed by atoms with E-state index < -0.39 is 21.9 Å². The zero-order chi connectivity index (χ0) is 24.0. The molecule has 0 spiro atoms. The summed E-state index contributed by atoms with van der Waals surface area (Å²) in [6.07, 6.45) is 3.14. The number of nitrogens with one attached hydrogen (secondary N) is 1. The first-order valence-electron chi connectivity index (χ1n) is 11.4. The van der Waals surface area contributed by atoms with Crippen molar-refractivity contribution >= 4 is 21.7 Å². The van der Waals surface area contributed by atoms with E-state index in [9.17, 15) is 18.0 Å². The normalized spacial score (nSPS) is 21.8. The lowest BCUT2D eigenvalue weighted by molar-refractivity contribution is -0.152. The molecule has 2 atom stereocenters. The van der Waals surface area contributed by atoms with Gasteiger partial charge in [0.25, 0.3) is 0 Å². The second-order valence-electron chi connectivity index (χ2n) is 10.5. The van der Waals surface area contributed by atoms with Crippen LogP contribution in [-0.4, -0.2) is 43.5 Å². The summed E-state index contributed by atoms with van der Waals surface area (Å²) in [6.45, 7) is 6.19. The van der Waals surface area contributed by atoms with Gasteiger partial charge in [-0.05, 0) is 53.4 Å². The van der Waals surface area contributed by atoms with Crippen LogP contribution < -0.4 is 5.32 Å². The van der Waals surface area contributed by atoms with Crippen molar-refractivity contribution in [2.45, 2.75) is 63.6 Å². The maximum atomic E-state index is 13.8. The standard InChI is InChI=1S/C26H32N2O4S/c1-26(2,3)15-21-24(29)27-23(20-13-17-9-5-6-10-18(17)14-20)25(30)28(21)16-19-11-7-8-12-22(19)33(4,31)32/h5-12,20-21,23H,13-16H2,1-4H3,(H,27,29)/t21-,23-/m1/s1. The number of carbonyl (C=O) groups is 2. The van der Waals surface area contributed by atoms with Crippen LogP contribution in [0.15, 0.2) is 53.4 Å². The molecule has 2 amide bonds. The minimum Gasteiger partial charge on any atom is -0.342 e. The lowest BCUT2D eigenvalue weighted by Crippen LogP contribution is -2.65. The Hall–Kier alpha value is -2.67. The van der Waals surface area contributed by atoms with Gasteiger partial charge < -0.3 is 10.2 Å². The van der Waals surface area contributed by atoms with Crippen molar-refractivity contribution in [2.24, 2.45) is 11.3 Å². The third-order valence-electron chi connectivity index (χ3n) is 6.60. The minimum absolute atomic E-state index is 0.0120. The number of hydrogen-bond acceptors (Lipinski definition) is 4.